The van der Waals surface area contributed by atoms with E-state index in [9.17, 15) is 13.6 Å². The number of carbonyl (C=O) groups is 1. The van der Waals surface area contributed by atoms with Crippen molar-refractivity contribution in [3.05, 3.63) is 113 Å². The van der Waals surface area contributed by atoms with Gasteiger partial charge in [0.15, 0.2) is 11.6 Å². The van der Waals surface area contributed by atoms with Gasteiger partial charge in [0.1, 0.15) is 5.82 Å². The normalized spacial score (nSPS) is 11.1. The molecule has 0 amide bonds. The van der Waals surface area contributed by atoms with Gasteiger partial charge in [-0.2, -0.15) is 0 Å². The van der Waals surface area contributed by atoms with Crippen LogP contribution >= 0.6 is 11.6 Å². The lowest BCUT2D eigenvalue weighted by molar-refractivity contribution is 0.0965. The Bertz CT molecular complexity index is 1460. The zero-order valence-corrected chi connectivity index (χ0v) is 17.4. The summed E-state index contributed by atoms with van der Waals surface area (Å²) in [7, 11) is 0. The largest absolute Gasteiger partial charge is 0.268 e. The monoisotopic (exact) mass is 444 g/mol. The highest BCUT2D eigenvalue weighted by Gasteiger charge is 2.21. The molecule has 5 rings (SSSR count). The molecule has 0 saturated heterocycles. The molecular weight excluding hydrogens is 430 g/mol. The molecule has 0 aliphatic rings. The van der Waals surface area contributed by atoms with E-state index >= 15 is 0 Å². The van der Waals surface area contributed by atoms with Crippen LogP contribution < -0.4 is 0 Å². The molecule has 0 atom stereocenters. The quantitative estimate of drug-likeness (QED) is 0.300. The summed E-state index contributed by atoms with van der Waals surface area (Å²) in [6.45, 7) is 0. The molecule has 0 bridgehead atoms. The highest BCUT2D eigenvalue weighted by atomic mass is 35.5. The minimum atomic E-state index is -1.09. The van der Waals surface area contributed by atoms with E-state index < -0.39 is 17.5 Å². The molecule has 0 fully saturated rings. The summed E-state index contributed by atoms with van der Waals surface area (Å²) in [5, 5.41) is 0.433. The lowest BCUT2D eigenvalue weighted by Crippen LogP contribution is -2.14. The van der Waals surface area contributed by atoms with Crippen LogP contribution in [0.1, 0.15) is 10.4 Å². The number of halogens is 3. The molecular formula is C26H15ClF2N2O. The first kappa shape index (κ1) is 20.1. The molecule has 3 nitrogen and oxygen atoms in total. The average molecular weight is 445 g/mol. The van der Waals surface area contributed by atoms with E-state index in [1.165, 1.54) is 10.6 Å². The van der Waals surface area contributed by atoms with Gasteiger partial charge in [0, 0.05) is 16.1 Å². The molecule has 0 unspecified atom stereocenters. The molecule has 0 spiro atoms. The molecule has 0 N–H and O–H groups in total. The van der Waals surface area contributed by atoms with Gasteiger partial charge in [-0.25, -0.2) is 13.8 Å². The molecule has 0 saturated carbocycles. The van der Waals surface area contributed by atoms with Gasteiger partial charge in [0.25, 0.3) is 5.91 Å². The minimum Gasteiger partial charge on any atom is -0.268 e. The predicted molar refractivity (Wildman–Crippen MR) is 122 cm³/mol. The Morgan fingerprint density at radius 2 is 1.44 bits per heavy atom. The van der Waals surface area contributed by atoms with Crippen LogP contribution in [0.5, 0.6) is 0 Å². The van der Waals surface area contributed by atoms with Crippen molar-refractivity contribution in [1.29, 1.82) is 0 Å². The summed E-state index contributed by atoms with van der Waals surface area (Å²) in [5.41, 5.74) is 3.84. The molecule has 0 aliphatic carbocycles. The van der Waals surface area contributed by atoms with E-state index in [1.54, 1.807) is 18.2 Å². The van der Waals surface area contributed by atoms with Crippen molar-refractivity contribution in [3.8, 4) is 22.5 Å². The van der Waals surface area contributed by atoms with Crippen molar-refractivity contribution in [1.82, 2.24) is 9.55 Å². The van der Waals surface area contributed by atoms with E-state index in [0.29, 0.717) is 27.4 Å². The summed E-state index contributed by atoms with van der Waals surface area (Å²) in [4.78, 5) is 18.0. The number of imidazole rings is 1. The lowest BCUT2D eigenvalue weighted by atomic mass is 10.0. The van der Waals surface area contributed by atoms with Crippen LogP contribution in [0.2, 0.25) is 5.02 Å². The van der Waals surface area contributed by atoms with Crippen molar-refractivity contribution in [2.45, 2.75) is 0 Å². The van der Waals surface area contributed by atoms with Gasteiger partial charge in [-0.3, -0.25) is 9.36 Å². The first-order valence-corrected chi connectivity index (χ1v) is 10.2. The van der Waals surface area contributed by atoms with Gasteiger partial charge in [0.2, 0.25) is 0 Å². The van der Waals surface area contributed by atoms with Gasteiger partial charge in [-0.15, -0.1) is 0 Å². The third-order valence-electron chi connectivity index (χ3n) is 5.24. The first-order chi connectivity index (χ1) is 15.5. The van der Waals surface area contributed by atoms with Gasteiger partial charge < -0.3 is 0 Å². The molecule has 1 aromatic heterocycles. The fraction of sp³-hybridized carbons (Fsp3) is 0. The fourth-order valence-corrected chi connectivity index (χ4v) is 3.81. The number of benzene rings is 4. The third-order valence-corrected chi connectivity index (χ3v) is 5.47. The van der Waals surface area contributed by atoms with Crippen LogP contribution in [-0.4, -0.2) is 15.5 Å². The Hall–Kier alpha value is -3.83. The molecule has 32 heavy (non-hydrogen) atoms. The number of nitrogens with zero attached hydrogens (tertiary/aromatic N) is 2. The zero-order valence-electron chi connectivity index (χ0n) is 16.6. The maximum Gasteiger partial charge on any atom is 0.264 e. The molecule has 4 aromatic carbocycles. The topological polar surface area (TPSA) is 34.9 Å². The van der Waals surface area contributed by atoms with Crippen molar-refractivity contribution in [3.63, 3.8) is 0 Å². The Balaban J connectivity index is 1.66. The maximum absolute atomic E-state index is 13.8. The maximum atomic E-state index is 13.8. The minimum absolute atomic E-state index is 0.00494. The van der Waals surface area contributed by atoms with Gasteiger partial charge in [0.05, 0.1) is 11.0 Å². The van der Waals surface area contributed by atoms with Crippen LogP contribution in [0, 0.1) is 11.6 Å². The molecule has 5 aromatic rings. The van der Waals surface area contributed by atoms with Crippen molar-refractivity contribution in [2.75, 3.05) is 0 Å². The molecule has 156 valence electrons. The summed E-state index contributed by atoms with van der Waals surface area (Å²) < 4.78 is 28.6. The van der Waals surface area contributed by atoms with Crippen LogP contribution in [-0.2, 0) is 0 Å². The van der Waals surface area contributed by atoms with Gasteiger partial charge >= 0.3 is 0 Å². The Labute approximate surface area is 187 Å². The first-order valence-electron chi connectivity index (χ1n) is 9.85. The van der Waals surface area contributed by atoms with Gasteiger partial charge in [-0.1, -0.05) is 66.2 Å². The number of carbonyl (C=O) groups excluding carboxylic acids is 1. The van der Waals surface area contributed by atoms with E-state index in [1.807, 2.05) is 54.6 Å². The summed E-state index contributed by atoms with van der Waals surface area (Å²) in [6, 6.07) is 25.7. The number of rotatable bonds is 3. The second-order valence-corrected chi connectivity index (χ2v) is 7.72. The van der Waals surface area contributed by atoms with Crippen molar-refractivity contribution >= 4 is 28.5 Å². The van der Waals surface area contributed by atoms with E-state index in [-0.39, 0.29) is 5.56 Å². The summed E-state index contributed by atoms with van der Waals surface area (Å²) in [6.07, 6.45) is 0. The number of hydrogen-bond acceptors (Lipinski definition) is 2. The predicted octanol–water partition coefficient (Wildman–Crippen LogP) is 6.99. The summed E-state index contributed by atoms with van der Waals surface area (Å²) in [5.74, 6) is -2.25. The second kappa shape index (κ2) is 8.02. The van der Waals surface area contributed by atoms with E-state index in [0.717, 1.165) is 23.3 Å². The highest BCUT2D eigenvalue weighted by Crippen LogP contribution is 2.30. The Morgan fingerprint density at radius 3 is 2.16 bits per heavy atom. The summed E-state index contributed by atoms with van der Waals surface area (Å²) >= 11 is 6.17. The third kappa shape index (κ3) is 3.57. The van der Waals surface area contributed by atoms with Crippen molar-refractivity contribution < 1.29 is 13.6 Å². The smallest absolute Gasteiger partial charge is 0.264 e. The molecule has 1 heterocycles. The van der Waals surface area contributed by atoms with Crippen LogP contribution in [0.3, 0.4) is 0 Å². The van der Waals surface area contributed by atoms with E-state index in [2.05, 4.69) is 4.98 Å². The number of hydrogen-bond donors (Lipinski definition) is 0. The van der Waals surface area contributed by atoms with E-state index in [4.69, 9.17) is 11.6 Å². The Morgan fingerprint density at radius 1 is 0.750 bits per heavy atom. The fourth-order valence-electron chi connectivity index (χ4n) is 3.65. The van der Waals surface area contributed by atoms with Crippen LogP contribution in [0.4, 0.5) is 8.78 Å². The standard InChI is InChI=1S/C26H15ClF2N2O/c27-20-11-13-23-24(15-20)31(26(32)19-10-12-21(28)22(29)14-19)25(30-23)18-8-6-17(7-9-18)16-4-2-1-3-5-16/h1-15H. The van der Waals surface area contributed by atoms with Gasteiger partial charge in [-0.05, 0) is 47.5 Å². The lowest BCUT2D eigenvalue weighted by Gasteiger charge is -2.10. The Kier molecular flexibility index (Phi) is 5.04. The average Bonchev–Trinajstić information content (AvgIpc) is 3.19. The SMILES string of the molecule is O=C(c1ccc(F)c(F)c1)n1c(-c2ccc(-c3ccccc3)cc2)nc2ccc(Cl)cc21. The molecule has 6 heteroatoms. The number of fused-ring (bicyclic) bond motifs is 1. The zero-order chi connectivity index (χ0) is 22.2. The second-order valence-electron chi connectivity index (χ2n) is 7.28. The highest BCUT2D eigenvalue weighted by molar-refractivity contribution is 6.31. The number of aromatic nitrogens is 2. The molecule has 0 aliphatic heterocycles. The van der Waals surface area contributed by atoms with Crippen LogP contribution in [0.25, 0.3) is 33.5 Å². The van der Waals surface area contributed by atoms with Crippen molar-refractivity contribution in [2.24, 2.45) is 0 Å². The van der Waals surface area contributed by atoms with Crippen LogP contribution in [0.15, 0.2) is 91.0 Å². The molecule has 0 radical (unpaired) electrons.